The first-order chi connectivity index (χ1) is 27.3. The van der Waals surface area contributed by atoms with Crippen LogP contribution >= 0.6 is 45.2 Å². The fourth-order valence-electron chi connectivity index (χ4n) is 4.91. The molecule has 0 saturated heterocycles. The Morgan fingerprint density at radius 3 is 1.63 bits per heavy atom. The number of amides is 2. The van der Waals surface area contributed by atoms with Crippen LogP contribution in [0.1, 0.15) is 80.4 Å². The van der Waals surface area contributed by atoms with Crippen molar-refractivity contribution in [3.8, 4) is 5.75 Å². The van der Waals surface area contributed by atoms with E-state index in [-0.39, 0.29) is 55.4 Å². The topological polar surface area (TPSA) is 193 Å². The number of esters is 3. The Balaban J connectivity index is 0.000000396. The minimum Gasteiger partial charge on any atom is -0.478 e. The fraction of sp³-hybridized carbons (Fsp3) is 0.415. The van der Waals surface area contributed by atoms with Crippen LogP contribution in [0.5, 0.6) is 5.75 Å². The molecule has 0 radical (unpaired) electrons. The van der Waals surface area contributed by atoms with Crippen LogP contribution in [-0.2, 0) is 51.0 Å². The van der Waals surface area contributed by atoms with Crippen LogP contribution in [0, 0.1) is 11.8 Å². The third kappa shape index (κ3) is 18.1. The molecular weight excluding hydrogens is 966 g/mol. The molecule has 3 N–H and O–H groups in total. The largest absolute Gasteiger partial charge is 0.478 e. The van der Waals surface area contributed by atoms with Gasteiger partial charge >= 0.3 is 36.1 Å². The number of hydrogen-bond acceptors (Lipinski definition) is 11. The van der Waals surface area contributed by atoms with Crippen molar-refractivity contribution < 1.29 is 57.6 Å². The van der Waals surface area contributed by atoms with Gasteiger partial charge in [0.1, 0.15) is 35.7 Å². The van der Waals surface area contributed by atoms with E-state index in [4.69, 9.17) is 23.7 Å². The molecule has 0 aromatic heterocycles. The van der Waals surface area contributed by atoms with E-state index in [9.17, 15) is 33.9 Å². The summed E-state index contributed by atoms with van der Waals surface area (Å²) in [7, 11) is 0. The van der Waals surface area contributed by atoms with E-state index in [2.05, 4.69) is 10.6 Å². The molecule has 0 unspecified atom stereocenters. The van der Waals surface area contributed by atoms with Gasteiger partial charge in [0.2, 0.25) is 0 Å². The SMILES string of the molecule is CC[C@H](C)[C@H](NC(=O)OCc1ccccc1)C(=O)OCCCC(=O)OCI.CC[C@H](C)[C@H](NC(=O)OCc1ccccc1)C(=O)Oc1cccc(C(=O)O)c1CI. The summed E-state index contributed by atoms with van der Waals surface area (Å²) in [4.78, 5) is 72.1. The highest BCUT2D eigenvalue weighted by Gasteiger charge is 2.30. The molecule has 14 nitrogen and oxygen atoms in total. The lowest BCUT2D eigenvalue weighted by Crippen LogP contribution is -2.47. The molecule has 0 aliphatic carbocycles. The van der Waals surface area contributed by atoms with Crippen LogP contribution in [0.15, 0.2) is 78.9 Å². The highest BCUT2D eigenvalue weighted by atomic mass is 127. The van der Waals surface area contributed by atoms with Crippen molar-refractivity contribution in [2.45, 2.75) is 83.1 Å². The van der Waals surface area contributed by atoms with Crippen molar-refractivity contribution in [3.63, 3.8) is 0 Å². The van der Waals surface area contributed by atoms with Gasteiger partial charge in [-0.05, 0) is 64.1 Å². The summed E-state index contributed by atoms with van der Waals surface area (Å²) in [5.74, 6) is -2.81. The first kappa shape index (κ1) is 48.7. The number of carboxylic acid groups (broad SMARTS) is 1. The highest BCUT2D eigenvalue weighted by molar-refractivity contribution is 14.1. The molecule has 2 amide bonds. The summed E-state index contributed by atoms with van der Waals surface area (Å²) in [6, 6.07) is 21.2. The number of rotatable bonds is 20. The van der Waals surface area contributed by atoms with Crippen molar-refractivity contribution in [2.75, 3.05) is 11.2 Å². The molecule has 3 rings (SSSR count). The molecule has 0 spiro atoms. The Bertz CT molecular complexity index is 1730. The first-order valence-corrected chi connectivity index (χ1v) is 21.3. The lowest BCUT2D eigenvalue weighted by molar-refractivity contribution is -0.149. The second-order valence-corrected chi connectivity index (χ2v) is 14.1. The van der Waals surface area contributed by atoms with E-state index in [1.165, 1.54) is 12.1 Å². The third-order valence-electron chi connectivity index (χ3n) is 8.60. The average molecular weight is 1020 g/mol. The van der Waals surface area contributed by atoms with Gasteiger partial charge in [-0.1, -0.05) is 130 Å². The number of ether oxygens (including phenoxy) is 5. The van der Waals surface area contributed by atoms with E-state index in [0.717, 1.165) is 11.1 Å². The Morgan fingerprint density at radius 2 is 1.18 bits per heavy atom. The summed E-state index contributed by atoms with van der Waals surface area (Å²) < 4.78 is 26.5. The fourth-order valence-corrected chi connectivity index (χ4v) is 6.04. The molecule has 57 heavy (non-hydrogen) atoms. The zero-order chi connectivity index (χ0) is 42.2. The summed E-state index contributed by atoms with van der Waals surface area (Å²) in [5, 5.41) is 14.5. The first-order valence-electron chi connectivity index (χ1n) is 18.3. The molecule has 0 aliphatic heterocycles. The Morgan fingerprint density at radius 1 is 0.667 bits per heavy atom. The minimum atomic E-state index is -1.10. The Kier molecular flexibility index (Phi) is 23.3. The number of nitrogens with one attached hydrogen (secondary N) is 2. The maximum atomic E-state index is 12.8. The van der Waals surface area contributed by atoms with E-state index in [1.807, 2.05) is 134 Å². The van der Waals surface area contributed by atoms with Crippen LogP contribution in [0.25, 0.3) is 0 Å². The Hall–Kier alpha value is -4.46. The quantitative estimate of drug-likeness (QED) is 0.0246. The number of carboxylic acids is 1. The highest BCUT2D eigenvalue weighted by Crippen LogP contribution is 2.26. The van der Waals surface area contributed by atoms with Gasteiger partial charge in [0, 0.05) is 16.4 Å². The molecule has 3 aromatic rings. The standard InChI is InChI=1S/C22H24INO6.C19H26INO6/c1-3-14(2)19(24-22(28)29-13-15-8-5-4-6-9-15)21(27)30-18-11-7-10-16(20(25)26)17(18)12-23;1-3-14(2)17(18(23)25-11-7-10-16(22)27-13-20)21-19(24)26-12-15-8-5-4-6-9-15/h4-11,14,19H,3,12-13H2,1-2H3,(H,24,28)(H,25,26);4-6,8-9,14,17H,3,7,10-13H2,1-2H3,(H,21,24)/t14-,19-;14-,17-/m00/s1. The van der Waals surface area contributed by atoms with Crippen LogP contribution < -0.4 is 15.4 Å². The predicted molar refractivity (Wildman–Crippen MR) is 228 cm³/mol. The van der Waals surface area contributed by atoms with Crippen LogP contribution in [0.3, 0.4) is 0 Å². The van der Waals surface area contributed by atoms with E-state index < -0.39 is 42.2 Å². The molecule has 3 aromatic carbocycles. The maximum Gasteiger partial charge on any atom is 0.408 e. The van der Waals surface area contributed by atoms with E-state index >= 15 is 0 Å². The number of hydrogen-bond donors (Lipinski definition) is 3. The molecule has 4 atom stereocenters. The number of carbonyl (C=O) groups is 6. The second-order valence-electron chi connectivity index (χ2n) is 12.7. The zero-order valence-corrected chi connectivity index (χ0v) is 36.7. The number of alkyl halides is 2. The third-order valence-corrected chi connectivity index (χ3v) is 9.67. The zero-order valence-electron chi connectivity index (χ0n) is 32.4. The van der Waals surface area contributed by atoms with Gasteiger partial charge in [-0.15, -0.1) is 0 Å². The van der Waals surface area contributed by atoms with Crippen molar-refractivity contribution in [2.24, 2.45) is 11.8 Å². The number of carbonyl (C=O) groups excluding carboxylic acids is 5. The molecule has 0 aliphatic rings. The van der Waals surface area contributed by atoms with Crippen molar-refractivity contribution in [3.05, 3.63) is 101 Å². The molecule has 0 heterocycles. The van der Waals surface area contributed by atoms with Gasteiger partial charge in [0.25, 0.3) is 0 Å². The van der Waals surface area contributed by atoms with Crippen LogP contribution in [0.2, 0.25) is 0 Å². The van der Waals surface area contributed by atoms with Gasteiger partial charge in [-0.25, -0.2) is 24.0 Å². The monoisotopic (exact) mass is 1020 g/mol. The number of aromatic carboxylic acids is 1. The van der Waals surface area contributed by atoms with Crippen molar-refractivity contribution in [1.82, 2.24) is 10.6 Å². The van der Waals surface area contributed by atoms with Crippen LogP contribution in [0.4, 0.5) is 9.59 Å². The lowest BCUT2D eigenvalue weighted by atomic mass is 9.99. The summed E-state index contributed by atoms with van der Waals surface area (Å²) in [6.07, 6.45) is 0.443. The van der Waals surface area contributed by atoms with Gasteiger partial charge in [-0.2, -0.15) is 0 Å². The Labute approximate surface area is 360 Å². The summed E-state index contributed by atoms with van der Waals surface area (Å²) >= 11 is 3.95. The van der Waals surface area contributed by atoms with Crippen molar-refractivity contribution >= 4 is 81.2 Å². The van der Waals surface area contributed by atoms with Gasteiger partial charge < -0.3 is 39.4 Å². The normalized spacial score (nSPS) is 12.5. The average Bonchev–Trinajstić information content (AvgIpc) is 3.22. The summed E-state index contributed by atoms with van der Waals surface area (Å²) in [6.45, 7) is 7.76. The molecule has 16 heteroatoms. The van der Waals surface area contributed by atoms with Gasteiger partial charge in [-0.3, -0.25) is 4.79 Å². The molecule has 0 saturated carbocycles. The predicted octanol–water partition coefficient (Wildman–Crippen LogP) is 8.15. The maximum absolute atomic E-state index is 12.8. The number of benzene rings is 3. The summed E-state index contributed by atoms with van der Waals surface area (Å²) in [5.41, 5.74) is 2.17. The number of halogens is 2. The van der Waals surface area contributed by atoms with Crippen LogP contribution in [-0.4, -0.2) is 64.5 Å². The molecule has 0 bridgehead atoms. The molecule has 310 valence electrons. The molecule has 0 fully saturated rings. The molecular formula is C41H50I2N2O12. The second kappa shape index (κ2) is 27.2. The van der Waals surface area contributed by atoms with E-state index in [0.29, 0.717) is 33.9 Å². The lowest BCUT2D eigenvalue weighted by Gasteiger charge is -2.23. The van der Waals surface area contributed by atoms with E-state index in [1.54, 1.807) is 6.07 Å². The number of alkyl carbamates (subject to hydrolysis) is 2. The van der Waals surface area contributed by atoms with Crippen molar-refractivity contribution in [1.29, 1.82) is 0 Å². The van der Waals surface area contributed by atoms with Gasteiger partial charge in [0.15, 0.2) is 0 Å². The minimum absolute atomic E-state index is 0.0741. The van der Waals surface area contributed by atoms with Gasteiger partial charge in [0.05, 0.1) is 12.2 Å². The smallest absolute Gasteiger partial charge is 0.408 e.